The third-order valence-electron chi connectivity index (χ3n) is 11.3. The molecule has 9 nitrogen and oxygen atoms in total. The SMILES string of the molecule is CC/C=C/C=C/C=C/CCCCCCCCCC(=O)NC(COP(=O)(O)OCC[N+](C)(C)C)C(/C=C/CCCCCCCCCCC)OC(=O)CCCCCCCCCCCCC. The van der Waals surface area contributed by atoms with Gasteiger partial charge in [0.15, 0.2) is 0 Å². The van der Waals surface area contributed by atoms with Gasteiger partial charge in [0.2, 0.25) is 5.91 Å². The fraction of sp³-hybridized carbons (Fsp3) is 0.811. The number of nitrogens with zero attached hydrogens (tertiary/aromatic N) is 1. The Hall–Kier alpha value is -2.03. The zero-order valence-corrected chi connectivity index (χ0v) is 42.7. The minimum absolute atomic E-state index is 0.0379. The molecule has 10 heteroatoms. The molecule has 0 aromatic rings. The van der Waals surface area contributed by atoms with Crippen LogP contribution in [0.3, 0.4) is 0 Å². The van der Waals surface area contributed by atoms with Gasteiger partial charge in [-0.15, -0.1) is 0 Å². The van der Waals surface area contributed by atoms with E-state index >= 15 is 0 Å². The monoisotopic (exact) mass is 908 g/mol. The molecule has 3 atom stereocenters. The molecule has 0 fully saturated rings. The molecule has 0 saturated carbocycles. The Balaban J connectivity index is 5.41. The number of amides is 1. The summed E-state index contributed by atoms with van der Waals surface area (Å²) in [5, 5.41) is 3.03. The topological polar surface area (TPSA) is 111 Å². The summed E-state index contributed by atoms with van der Waals surface area (Å²) < 4.78 is 30.5. The summed E-state index contributed by atoms with van der Waals surface area (Å²) in [6.45, 7) is 6.85. The zero-order chi connectivity index (χ0) is 46.5. The molecule has 0 heterocycles. The van der Waals surface area contributed by atoms with Crippen molar-refractivity contribution in [3.63, 3.8) is 0 Å². The molecule has 0 aliphatic carbocycles. The molecule has 0 saturated heterocycles. The Bertz CT molecular complexity index is 1230. The van der Waals surface area contributed by atoms with Crippen LogP contribution in [0.2, 0.25) is 0 Å². The second-order valence-corrected chi connectivity index (χ2v) is 20.2. The molecule has 2 N–H and O–H groups in total. The summed E-state index contributed by atoms with van der Waals surface area (Å²) in [5.74, 6) is -0.519. The normalized spacial score (nSPS) is 14.3. The predicted octanol–water partition coefficient (Wildman–Crippen LogP) is 15.0. The fourth-order valence-corrected chi connectivity index (χ4v) is 8.03. The fourth-order valence-electron chi connectivity index (χ4n) is 7.29. The number of unbranched alkanes of at least 4 members (excludes halogenated alkanes) is 26. The quantitative estimate of drug-likeness (QED) is 0.0156. The number of esters is 1. The average molecular weight is 908 g/mol. The van der Waals surface area contributed by atoms with Crippen molar-refractivity contribution in [2.24, 2.45) is 0 Å². The number of carbonyl (C=O) groups is 2. The molecule has 0 aromatic carbocycles. The van der Waals surface area contributed by atoms with Gasteiger partial charge < -0.3 is 19.4 Å². The maximum absolute atomic E-state index is 13.4. The van der Waals surface area contributed by atoms with E-state index in [-0.39, 0.29) is 25.1 Å². The van der Waals surface area contributed by atoms with E-state index in [0.717, 1.165) is 77.0 Å². The molecule has 0 spiro atoms. The number of rotatable bonds is 46. The number of likely N-dealkylation sites (N-methyl/N-ethyl adjacent to an activating group) is 1. The van der Waals surface area contributed by atoms with Crippen molar-refractivity contribution in [2.75, 3.05) is 40.9 Å². The highest BCUT2D eigenvalue weighted by Crippen LogP contribution is 2.43. The number of quaternary nitrogens is 1. The number of hydrogen-bond donors (Lipinski definition) is 2. The maximum atomic E-state index is 13.4. The average Bonchev–Trinajstić information content (AvgIpc) is 3.23. The van der Waals surface area contributed by atoms with Gasteiger partial charge in [-0.1, -0.05) is 211 Å². The zero-order valence-electron chi connectivity index (χ0n) is 41.8. The van der Waals surface area contributed by atoms with Gasteiger partial charge in [0.1, 0.15) is 19.3 Å². The Labute approximate surface area is 388 Å². The lowest BCUT2D eigenvalue weighted by molar-refractivity contribution is -0.870. The molecule has 0 aromatic heterocycles. The lowest BCUT2D eigenvalue weighted by Crippen LogP contribution is -2.47. The Morgan fingerprint density at radius 2 is 1.02 bits per heavy atom. The van der Waals surface area contributed by atoms with E-state index in [2.05, 4.69) is 62.5 Å². The minimum atomic E-state index is -4.44. The summed E-state index contributed by atoms with van der Waals surface area (Å²) in [5.41, 5.74) is 0. The maximum Gasteiger partial charge on any atom is 0.472 e. The number of nitrogens with one attached hydrogen (secondary N) is 1. The van der Waals surface area contributed by atoms with E-state index in [1.165, 1.54) is 116 Å². The van der Waals surface area contributed by atoms with Crippen LogP contribution in [0.15, 0.2) is 48.6 Å². The van der Waals surface area contributed by atoms with Gasteiger partial charge in [-0.3, -0.25) is 18.6 Å². The predicted molar refractivity (Wildman–Crippen MR) is 268 cm³/mol. The van der Waals surface area contributed by atoms with Crippen LogP contribution in [0, 0.1) is 0 Å². The van der Waals surface area contributed by atoms with Crippen LogP contribution in [0.1, 0.15) is 226 Å². The summed E-state index contributed by atoms with van der Waals surface area (Å²) in [6, 6.07) is -0.849. The molecular weight excluding hydrogens is 808 g/mol. The molecule has 0 rings (SSSR count). The van der Waals surface area contributed by atoms with Crippen molar-refractivity contribution in [1.29, 1.82) is 0 Å². The molecule has 3 unspecified atom stereocenters. The lowest BCUT2D eigenvalue weighted by atomic mass is 10.0. The Morgan fingerprint density at radius 3 is 1.51 bits per heavy atom. The molecule has 0 bridgehead atoms. The number of phosphoric acid groups is 1. The smallest absolute Gasteiger partial charge is 0.456 e. The third kappa shape index (κ3) is 44.9. The van der Waals surface area contributed by atoms with Gasteiger partial charge in [0.25, 0.3) is 0 Å². The molecule has 1 amide bonds. The first-order valence-corrected chi connectivity index (χ1v) is 27.5. The van der Waals surface area contributed by atoms with Gasteiger partial charge in [0, 0.05) is 12.8 Å². The molecule has 368 valence electrons. The van der Waals surface area contributed by atoms with E-state index in [1.807, 2.05) is 33.3 Å². The highest BCUT2D eigenvalue weighted by Gasteiger charge is 2.30. The first-order chi connectivity index (χ1) is 30.4. The van der Waals surface area contributed by atoms with Gasteiger partial charge in [-0.05, 0) is 51.0 Å². The lowest BCUT2D eigenvalue weighted by Gasteiger charge is -2.27. The highest BCUT2D eigenvalue weighted by atomic mass is 31.2. The van der Waals surface area contributed by atoms with E-state index in [9.17, 15) is 19.0 Å². The highest BCUT2D eigenvalue weighted by molar-refractivity contribution is 7.47. The first kappa shape index (κ1) is 61.0. The van der Waals surface area contributed by atoms with Crippen molar-refractivity contribution in [2.45, 2.75) is 238 Å². The van der Waals surface area contributed by atoms with Crippen LogP contribution in [0.25, 0.3) is 0 Å². The summed E-state index contributed by atoms with van der Waals surface area (Å²) in [6.07, 6.45) is 51.0. The summed E-state index contributed by atoms with van der Waals surface area (Å²) in [7, 11) is 1.49. The number of ether oxygens (including phenoxy) is 1. The Morgan fingerprint density at radius 1 is 0.571 bits per heavy atom. The van der Waals surface area contributed by atoms with Gasteiger partial charge in [0.05, 0.1) is 33.8 Å². The number of allylic oxidation sites excluding steroid dienone is 7. The Kier molecular flexibility index (Phi) is 42.4. The molecule has 0 aliphatic heterocycles. The van der Waals surface area contributed by atoms with Crippen LogP contribution in [0.4, 0.5) is 0 Å². The number of phosphoric ester groups is 1. The third-order valence-corrected chi connectivity index (χ3v) is 12.3. The van der Waals surface area contributed by atoms with Gasteiger partial charge in [-0.25, -0.2) is 4.57 Å². The van der Waals surface area contributed by atoms with E-state index in [0.29, 0.717) is 23.9 Å². The first-order valence-electron chi connectivity index (χ1n) is 26.0. The second kappa shape index (κ2) is 43.8. The number of hydrogen-bond acceptors (Lipinski definition) is 6. The van der Waals surface area contributed by atoms with E-state index in [4.69, 9.17) is 13.8 Å². The summed E-state index contributed by atoms with van der Waals surface area (Å²) in [4.78, 5) is 37.4. The molecular formula is C53H100N2O7P+. The standard InChI is InChI=1S/C53H99N2O7P/c1-7-10-13-16-19-22-25-26-27-28-31-33-36-39-42-45-52(56)54-50(49-61-63(58,59)60-48-47-55(4,5)6)51(44-41-38-35-32-29-23-20-17-14-11-8-2)62-53(57)46-43-40-37-34-30-24-21-18-15-12-9-3/h10,13,16,19,22,25,41,44,50-51H,7-9,11-12,14-15,17-18,20-21,23-24,26-40,42-43,45-49H2,1-6H3,(H-,54,56,58,59)/p+1/b13-10+,19-16+,25-22+,44-41+. The molecule has 0 radical (unpaired) electrons. The van der Waals surface area contributed by atoms with E-state index < -0.39 is 20.0 Å². The largest absolute Gasteiger partial charge is 0.472 e. The van der Waals surface area contributed by atoms with Gasteiger partial charge >= 0.3 is 13.8 Å². The van der Waals surface area contributed by atoms with Gasteiger partial charge in [-0.2, -0.15) is 0 Å². The van der Waals surface area contributed by atoms with Crippen LogP contribution in [-0.2, 0) is 27.9 Å². The van der Waals surface area contributed by atoms with Crippen LogP contribution in [0.5, 0.6) is 0 Å². The molecule has 0 aliphatic rings. The van der Waals surface area contributed by atoms with Crippen molar-refractivity contribution in [1.82, 2.24) is 5.32 Å². The van der Waals surface area contributed by atoms with Crippen LogP contribution >= 0.6 is 7.82 Å². The van der Waals surface area contributed by atoms with Crippen molar-refractivity contribution in [3.05, 3.63) is 48.6 Å². The van der Waals surface area contributed by atoms with E-state index in [1.54, 1.807) is 0 Å². The van der Waals surface area contributed by atoms with Crippen molar-refractivity contribution >= 4 is 19.7 Å². The second-order valence-electron chi connectivity index (χ2n) is 18.7. The summed E-state index contributed by atoms with van der Waals surface area (Å²) >= 11 is 0. The van der Waals surface area contributed by atoms with Crippen molar-refractivity contribution in [3.8, 4) is 0 Å². The number of carbonyl (C=O) groups excluding carboxylic acids is 2. The van der Waals surface area contributed by atoms with Crippen LogP contribution < -0.4 is 5.32 Å². The van der Waals surface area contributed by atoms with Crippen LogP contribution in [-0.4, -0.2) is 74.3 Å². The molecule has 63 heavy (non-hydrogen) atoms. The minimum Gasteiger partial charge on any atom is -0.456 e. The van der Waals surface area contributed by atoms with Crippen molar-refractivity contribution < 1.29 is 37.3 Å².